The number of fused-ring (bicyclic) bond motifs is 9. The summed E-state index contributed by atoms with van der Waals surface area (Å²) in [6, 6.07) is 72.9. The Morgan fingerprint density at radius 1 is 0.345 bits per heavy atom. The maximum atomic E-state index is 6.98. The molecule has 0 aliphatic heterocycles. The van der Waals surface area contributed by atoms with Crippen LogP contribution in [0.2, 0.25) is 0 Å². The van der Waals surface area contributed by atoms with Gasteiger partial charge in [-0.25, -0.2) is 0 Å². The zero-order valence-electron chi connectivity index (χ0n) is 31.3. The van der Waals surface area contributed by atoms with Gasteiger partial charge in [0.1, 0.15) is 11.2 Å². The Labute approximate surface area is 334 Å². The molecule has 0 N–H and O–H groups in total. The molecule has 58 heavy (non-hydrogen) atoms. The van der Waals surface area contributed by atoms with E-state index in [1.54, 1.807) is 0 Å². The van der Waals surface area contributed by atoms with E-state index in [-0.39, 0.29) is 0 Å². The Morgan fingerprint density at radius 2 is 0.897 bits per heavy atom. The number of rotatable bonds is 6. The van der Waals surface area contributed by atoms with Crippen LogP contribution >= 0.6 is 0 Å². The summed E-state index contributed by atoms with van der Waals surface area (Å²) in [5.74, 6) is 0. The highest BCUT2D eigenvalue weighted by atomic mass is 16.3. The highest BCUT2D eigenvalue weighted by Gasteiger charge is 2.23. The molecule has 0 aliphatic carbocycles. The minimum Gasteiger partial charge on any atom is -0.454 e. The first kappa shape index (κ1) is 32.4. The fourth-order valence-corrected chi connectivity index (χ4v) is 8.96. The Hall–Kier alpha value is -7.82. The van der Waals surface area contributed by atoms with Crippen LogP contribution in [0.15, 0.2) is 215 Å². The molecule has 272 valence electrons. The minimum absolute atomic E-state index is 0.815. The predicted molar refractivity (Wildman–Crippen MR) is 241 cm³/mol. The standard InChI is InChI=1S/C54H34N2O2/c1-3-14-35(15-4-1)36-28-30-38(31-29-36)55(49-26-13-23-46-45-21-11-20-40(52(45)58-54(46)49)37-16-5-2-6-17-37)39-32-33-43-44-22-12-27-50(53(44)57-51(43)34-39)56-47-24-9-7-18-41(47)42-19-8-10-25-48(42)56/h1-34H. The molecule has 4 heteroatoms. The molecule has 0 amide bonds. The Balaban J connectivity index is 1.07. The van der Waals surface area contributed by atoms with Gasteiger partial charge in [0, 0.05) is 49.6 Å². The van der Waals surface area contributed by atoms with Crippen molar-refractivity contribution in [1.82, 2.24) is 4.57 Å². The van der Waals surface area contributed by atoms with Gasteiger partial charge in [0.2, 0.25) is 0 Å². The van der Waals surface area contributed by atoms with E-state index in [9.17, 15) is 0 Å². The molecule has 3 heterocycles. The van der Waals surface area contributed by atoms with Crippen LogP contribution in [0.25, 0.3) is 93.6 Å². The highest BCUT2D eigenvalue weighted by Crippen LogP contribution is 2.46. The number of benzene rings is 9. The second-order valence-electron chi connectivity index (χ2n) is 14.9. The minimum atomic E-state index is 0.815. The summed E-state index contributed by atoms with van der Waals surface area (Å²) in [7, 11) is 0. The van der Waals surface area contributed by atoms with E-state index in [0.29, 0.717) is 0 Å². The molecule has 3 aromatic heterocycles. The van der Waals surface area contributed by atoms with Crippen molar-refractivity contribution in [2.45, 2.75) is 0 Å². The third-order valence-corrected chi connectivity index (χ3v) is 11.6. The average Bonchev–Trinajstić information content (AvgIpc) is 3.97. The van der Waals surface area contributed by atoms with Crippen molar-refractivity contribution in [1.29, 1.82) is 0 Å². The average molecular weight is 743 g/mol. The molecule has 0 aliphatic rings. The summed E-state index contributed by atoms with van der Waals surface area (Å²) in [5, 5.41) is 6.73. The largest absolute Gasteiger partial charge is 0.454 e. The van der Waals surface area contributed by atoms with E-state index >= 15 is 0 Å². The molecule has 0 fully saturated rings. The third kappa shape index (κ3) is 4.95. The van der Waals surface area contributed by atoms with Gasteiger partial charge in [-0.3, -0.25) is 0 Å². The van der Waals surface area contributed by atoms with E-state index in [0.717, 1.165) is 94.4 Å². The zero-order chi connectivity index (χ0) is 38.2. The molecule has 0 radical (unpaired) electrons. The number of para-hydroxylation sites is 5. The smallest absolute Gasteiger partial charge is 0.159 e. The zero-order valence-corrected chi connectivity index (χ0v) is 31.3. The lowest BCUT2D eigenvalue weighted by Gasteiger charge is -2.25. The second kappa shape index (κ2) is 12.9. The van der Waals surface area contributed by atoms with Gasteiger partial charge in [-0.1, -0.05) is 152 Å². The van der Waals surface area contributed by atoms with Gasteiger partial charge >= 0.3 is 0 Å². The maximum Gasteiger partial charge on any atom is 0.159 e. The van der Waals surface area contributed by atoms with E-state index < -0.39 is 0 Å². The van der Waals surface area contributed by atoms with Crippen LogP contribution in [0.4, 0.5) is 17.1 Å². The highest BCUT2D eigenvalue weighted by molar-refractivity contribution is 6.15. The number of aromatic nitrogens is 1. The van der Waals surface area contributed by atoms with Gasteiger partial charge < -0.3 is 18.3 Å². The first-order valence-electron chi connectivity index (χ1n) is 19.7. The Kier molecular flexibility index (Phi) is 7.20. The monoisotopic (exact) mass is 742 g/mol. The number of furan rings is 2. The fourth-order valence-electron chi connectivity index (χ4n) is 8.96. The summed E-state index contributed by atoms with van der Waals surface area (Å²) in [4.78, 5) is 2.29. The second-order valence-corrected chi connectivity index (χ2v) is 14.9. The predicted octanol–water partition coefficient (Wildman–Crippen LogP) is 15.4. The molecule has 9 aromatic carbocycles. The van der Waals surface area contributed by atoms with Crippen LogP contribution in [-0.4, -0.2) is 4.57 Å². The van der Waals surface area contributed by atoms with Crippen LogP contribution in [0.1, 0.15) is 0 Å². The number of nitrogens with zero attached hydrogens (tertiary/aromatic N) is 2. The maximum absolute atomic E-state index is 6.98. The molecule has 0 spiro atoms. The van der Waals surface area contributed by atoms with Crippen LogP contribution in [-0.2, 0) is 0 Å². The molecular formula is C54H34N2O2. The van der Waals surface area contributed by atoms with Gasteiger partial charge in [-0.15, -0.1) is 0 Å². The third-order valence-electron chi connectivity index (χ3n) is 11.6. The molecule has 0 unspecified atom stereocenters. The number of anilines is 3. The van der Waals surface area contributed by atoms with Gasteiger partial charge in [-0.2, -0.15) is 0 Å². The molecule has 0 atom stereocenters. The molecule has 12 rings (SSSR count). The van der Waals surface area contributed by atoms with Crippen molar-refractivity contribution in [2.75, 3.05) is 4.90 Å². The van der Waals surface area contributed by atoms with E-state index in [1.165, 1.54) is 16.3 Å². The van der Waals surface area contributed by atoms with E-state index in [2.05, 4.69) is 210 Å². The SMILES string of the molecule is c1ccc(-c2ccc(N(c3ccc4c(c3)oc3c(-n5c6ccccc6c6ccccc65)cccc34)c3cccc4c3oc3c(-c5ccccc5)cccc34)cc2)cc1. The number of hydrogen-bond donors (Lipinski definition) is 0. The summed E-state index contributed by atoms with van der Waals surface area (Å²) < 4.78 is 16.3. The van der Waals surface area contributed by atoms with Gasteiger partial charge in [0.25, 0.3) is 0 Å². The van der Waals surface area contributed by atoms with Crippen molar-refractivity contribution in [2.24, 2.45) is 0 Å². The molecule has 0 saturated heterocycles. The van der Waals surface area contributed by atoms with Crippen LogP contribution < -0.4 is 4.90 Å². The Bertz CT molecular complexity index is 3450. The van der Waals surface area contributed by atoms with Gasteiger partial charge in [-0.05, 0) is 65.2 Å². The van der Waals surface area contributed by atoms with Crippen molar-refractivity contribution in [3.05, 3.63) is 206 Å². The molecule has 0 saturated carbocycles. The first-order chi connectivity index (χ1) is 28.8. The fraction of sp³-hybridized carbons (Fsp3) is 0. The Morgan fingerprint density at radius 3 is 1.62 bits per heavy atom. The normalized spacial score (nSPS) is 11.8. The summed E-state index contributed by atoms with van der Waals surface area (Å²) in [5.41, 5.74) is 14.1. The van der Waals surface area contributed by atoms with Crippen LogP contribution in [0.3, 0.4) is 0 Å². The molecular weight excluding hydrogens is 709 g/mol. The van der Waals surface area contributed by atoms with Crippen molar-refractivity contribution in [3.8, 4) is 27.9 Å². The van der Waals surface area contributed by atoms with E-state index in [1.807, 2.05) is 6.07 Å². The van der Waals surface area contributed by atoms with E-state index in [4.69, 9.17) is 8.83 Å². The topological polar surface area (TPSA) is 34.5 Å². The summed E-state index contributed by atoms with van der Waals surface area (Å²) in [6.45, 7) is 0. The lowest BCUT2D eigenvalue weighted by molar-refractivity contribution is 0.666. The van der Waals surface area contributed by atoms with Gasteiger partial charge in [0.05, 0.1) is 28.1 Å². The van der Waals surface area contributed by atoms with Crippen molar-refractivity contribution in [3.63, 3.8) is 0 Å². The number of hydrogen-bond acceptors (Lipinski definition) is 3. The quantitative estimate of drug-likeness (QED) is 0.170. The lowest BCUT2D eigenvalue weighted by atomic mass is 10.0. The van der Waals surface area contributed by atoms with Gasteiger partial charge in [0.15, 0.2) is 11.2 Å². The van der Waals surface area contributed by atoms with Crippen molar-refractivity contribution >= 4 is 82.7 Å². The first-order valence-corrected chi connectivity index (χ1v) is 19.7. The lowest BCUT2D eigenvalue weighted by Crippen LogP contribution is -2.10. The summed E-state index contributed by atoms with van der Waals surface area (Å²) >= 11 is 0. The van der Waals surface area contributed by atoms with Crippen LogP contribution in [0, 0.1) is 0 Å². The summed E-state index contributed by atoms with van der Waals surface area (Å²) in [6.07, 6.45) is 0. The van der Waals surface area contributed by atoms with Crippen molar-refractivity contribution < 1.29 is 8.83 Å². The molecule has 12 aromatic rings. The molecule has 0 bridgehead atoms. The molecule has 4 nitrogen and oxygen atoms in total. The van der Waals surface area contributed by atoms with Crippen LogP contribution in [0.5, 0.6) is 0 Å².